The second-order valence-electron chi connectivity index (χ2n) is 4.82. The van der Waals surface area contributed by atoms with Crippen molar-refractivity contribution in [2.24, 2.45) is 7.05 Å². The molecule has 0 bridgehead atoms. The summed E-state index contributed by atoms with van der Waals surface area (Å²) in [5, 5.41) is 1.14. The Morgan fingerprint density at radius 1 is 1.29 bits per heavy atom. The Labute approximate surface area is 101 Å². The van der Waals surface area contributed by atoms with E-state index >= 15 is 0 Å². The first-order chi connectivity index (χ1) is 7.96. The third-order valence-corrected chi connectivity index (χ3v) is 3.30. The first-order valence-corrected chi connectivity index (χ1v) is 5.61. The van der Waals surface area contributed by atoms with Crippen LogP contribution in [0.4, 0.5) is 0 Å². The van der Waals surface area contributed by atoms with E-state index in [0.29, 0.717) is 0 Å². The number of hydrogen-bond acceptors (Lipinski definition) is 2. The number of aromatic nitrogens is 1. The lowest BCUT2D eigenvalue weighted by molar-refractivity contribution is -0.146. The standard InChI is InChI=1S/C14H17NO2/c1-14(2,13(16)17-4)11-5-6-12-10(9-11)7-8-15(12)3/h5-9H,1-4H3. The summed E-state index contributed by atoms with van der Waals surface area (Å²) in [6.45, 7) is 3.76. The van der Waals surface area contributed by atoms with Gasteiger partial charge in [-0.05, 0) is 43.0 Å². The van der Waals surface area contributed by atoms with Crippen molar-refractivity contribution in [3.8, 4) is 0 Å². The van der Waals surface area contributed by atoms with Crippen LogP contribution in [0.15, 0.2) is 30.5 Å². The summed E-state index contributed by atoms with van der Waals surface area (Å²) in [6, 6.07) is 8.12. The highest BCUT2D eigenvalue weighted by Crippen LogP contribution is 2.28. The summed E-state index contributed by atoms with van der Waals surface area (Å²) >= 11 is 0. The molecular formula is C14H17NO2. The van der Waals surface area contributed by atoms with Crippen molar-refractivity contribution in [3.05, 3.63) is 36.0 Å². The number of hydrogen-bond donors (Lipinski definition) is 0. The van der Waals surface area contributed by atoms with Crippen molar-refractivity contribution in [2.45, 2.75) is 19.3 Å². The van der Waals surface area contributed by atoms with Crippen LogP contribution in [-0.2, 0) is 22.0 Å². The number of ether oxygens (including phenoxy) is 1. The predicted octanol–water partition coefficient (Wildman–Crippen LogP) is 2.63. The van der Waals surface area contributed by atoms with Gasteiger partial charge in [-0.15, -0.1) is 0 Å². The molecule has 17 heavy (non-hydrogen) atoms. The molecule has 0 saturated carbocycles. The van der Waals surface area contributed by atoms with Crippen LogP contribution >= 0.6 is 0 Å². The minimum Gasteiger partial charge on any atom is -0.468 e. The van der Waals surface area contributed by atoms with Crippen LogP contribution in [-0.4, -0.2) is 17.6 Å². The molecular weight excluding hydrogens is 214 g/mol. The van der Waals surface area contributed by atoms with E-state index in [0.717, 1.165) is 16.5 Å². The van der Waals surface area contributed by atoms with Gasteiger partial charge in [0.1, 0.15) is 0 Å². The number of carbonyl (C=O) groups excluding carboxylic acids is 1. The summed E-state index contributed by atoms with van der Waals surface area (Å²) < 4.78 is 6.90. The fourth-order valence-corrected chi connectivity index (χ4v) is 2.04. The fourth-order valence-electron chi connectivity index (χ4n) is 2.04. The zero-order valence-corrected chi connectivity index (χ0v) is 10.7. The van der Waals surface area contributed by atoms with Crippen molar-refractivity contribution in [1.82, 2.24) is 4.57 Å². The summed E-state index contributed by atoms with van der Waals surface area (Å²) in [4.78, 5) is 11.7. The van der Waals surface area contributed by atoms with Crippen LogP contribution < -0.4 is 0 Å². The Hall–Kier alpha value is -1.77. The topological polar surface area (TPSA) is 31.2 Å². The lowest BCUT2D eigenvalue weighted by atomic mass is 9.84. The molecule has 1 aromatic heterocycles. The predicted molar refractivity (Wildman–Crippen MR) is 68.0 cm³/mol. The largest absolute Gasteiger partial charge is 0.468 e. The monoisotopic (exact) mass is 231 g/mol. The van der Waals surface area contributed by atoms with Gasteiger partial charge in [0.25, 0.3) is 0 Å². The van der Waals surface area contributed by atoms with Crippen molar-refractivity contribution in [2.75, 3.05) is 7.11 Å². The summed E-state index contributed by atoms with van der Waals surface area (Å²) in [7, 11) is 3.43. The number of aryl methyl sites for hydroxylation is 1. The third kappa shape index (κ3) is 1.82. The normalized spacial score (nSPS) is 11.8. The van der Waals surface area contributed by atoms with E-state index in [9.17, 15) is 4.79 Å². The first-order valence-electron chi connectivity index (χ1n) is 5.61. The minimum absolute atomic E-state index is 0.215. The van der Waals surface area contributed by atoms with Gasteiger partial charge in [-0.2, -0.15) is 0 Å². The Morgan fingerprint density at radius 2 is 2.00 bits per heavy atom. The van der Waals surface area contributed by atoms with Crippen molar-refractivity contribution < 1.29 is 9.53 Å². The Bertz CT molecular complexity index is 567. The zero-order valence-electron chi connectivity index (χ0n) is 10.7. The fraction of sp³-hybridized carbons (Fsp3) is 0.357. The summed E-state index contributed by atoms with van der Waals surface area (Å²) in [5.74, 6) is -0.215. The lowest BCUT2D eigenvalue weighted by Crippen LogP contribution is -2.30. The van der Waals surface area contributed by atoms with E-state index in [1.807, 2.05) is 51.4 Å². The molecule has 2 rings (SSSR count). The SMILES string of the molecule is COC(=O)C(C)(C)c1ccc2c(ccn2C)c1. The molecule has 1 heterocycles. The van der Waals surface area contributed by atoms with E-state index in [-0.39, 0.29) is 5.97 Å². The van der Waals surface area contributed by atoms with Gasteiger partial charge < -0.3 is 9.30 Å². The molecule has 0 atom stereocenters. The molecule has 0 aliphatic carbocycles. The molecule has 90 valence electrons. The van der Waals surface area contributed by atoms with Crippen LogP contribution in [0.1, 0.15) is 19.4 Å². The van der Waals surface area contributed by atoms with Crippen LogP contribution in [0.5, 0.6) is 0 Å². The number of benzene rings is 1. The smallest absolute Gasteiger partial charge is 0.315 e. The number of esters is 1. The molecule has 0 aliphatic rings. The third-order valence-electron chi connectivity index (χ3n) is 3.30. The van der Waals surface area contributed by atoms with E-state index in [4.69, 9.17) is 4.74 Å². The molecule has 0 radical (unpaired) electrons. The van der Waals surface area contributed by atoms with Crippen LogP contribution in [0.3, 0.4) is 0 Å². The number of rotatable bonds is 2. The van der Waals surface area contributed by atoms with E-state index in [1.165, 1.54) is 7.11 Å². The van der Waals surface area contributed by atoms with Crippen molar-refractivity contribution >= 4 is 16.9 Å². The molecule has 0 amide bonds. The minimum atomic E-state index is -0.612. The molecule has 0 saturated heterocycles. The highest BCUT2D eigenvalue weighted by molar-refractivity contribution is 5.86. The lowest BCUT2D eigenvalue weighted by Gasteiger charge is -2.22. The van der Waals surface area contributed by atoms with E-state index in [1.54, 1.807) is 0 Å². The van der Waals surface area contributed by atoms with Gasteiger partial charge in [-0.25, -0.2) is 0 Å². The van der Waals surface area contributed by atoms with Gasteiger partial charge in [0.05, 0.1) is 12.5 Å². The highest BCUT2D eigenvalue weighted by Gasteiger charge is 2.30. The first kappa shape index (κ1) is 11.7. The number of nitrogens with zero attached hydrogens (tertiary/aromatic N) is 1. The quantitative estimate of drug-likeness (QED) is 0.744. The number of carbonyl (C=O) groups is 1. The molecule has 0 N–H and O–H groups in total. The van der Waals surface area contributed by atoms with Gasteiger partial charge >= 0.3 is 5.97 Å². The maximum atomic E-state index is 11.7. The Morgan fingerprint density at radius 3 is 2.65 bits per heavy atom. The molecule has 2 aromatic rings. The highest BCUT2D eigenvalue weighted by atomic mass is 16.5. The average Bonchev–Trinajstić information content (AvgIpc) is 2.69. The van der Waals surface area contributed by atoms with Gasteiger partial charge in [0.15, 0.2) is 0 Å². The molecule has 1 aromatic carbocycles. The van der Waals surface area contributed by atoms with Crippen molar-refractivity contribution in [3.63, 3.8) is 0 Å². The molecule has 0 fully saturated rings. The Kier molecular flexibility index (Phi) is 2.69. The molecule has 3 nitrogen and oxygen atoms in total. The number of methoxy groups -OCH3 is 1. The van der Waals surface area contributed by atoms with Gasteiger partial charge in [0, 0.05) is 18.8 Å². The molecule has 0 aliphatic heterocycles. The van der Waals surface area contributed by atoms with Crippen LogP contribution in [0.2, 0.25) is 0 Å². The van der Waals surface area contributed by atoms with Gasteiger partial charge in [-0.1, -0.05) is 6.07 Å². The van der Waals surface area contributed by atoms with E-state index < -0.39 is 5.41 Å². The number of fused-ring (bicyclic) bond motifs is 1. The van der Waals surface area contributed by atoms with Gasteiger partial charge in [0.2, 0.25) is 0 Å². The summed E-state index contributed by atoms with van der Waals surface area (Å²) in [5.41, 5.74) is 1.52. The van der Waals surface area contributed by atoms with Crippen molar-refractivity contribution in [1.29, 1.82) is 0 Å². The summed E-state index contributed by atoms with van der Waals surface area (Å²) in [6.07, 6.45) is 2.01. The zero-order chi connectivity index (χ0) is 12.6. The van der Waals surface area contributed by atoms with E-state index in [2.05, 4.69) is 4.57 Å². The van der Waals surface area contributed by atoms with Crippen LogP contribution in [0.25, 0.3) is 10.9 Å². The maximum absolute atomic E-state index is 11.7. The molecule has 0 spiro atoms. The second-order valence-corrected chi connectivity index (χ2v) is 4.82. The van der Waals surface area contributed by atoms with Crippen LogP contribution in [0, 0.1) is 0 Å². The molecule has 0 unspecified atom stereocenters. The maximum Gasteiger partial charge on any atom is 0.315 e. The second kappa shape index (κ2) is 3.91. The molecule has 3 heteroatoms. The average molecular weight is 231 g/mol. The van der Waals surface area contributed by atoms with Gasteiger partial charge in [-0.3, -0.25) is 4.79 Å². The Balaban J connectivity index is 2.53.